The first kappa shape index (κ1) is 57.9. The molecule has 8 aromatic rings. The van der Waals surface area contributed by atoms with Crippen LogP contribution in [0.3, 0.4) is 0 Å². The summed E-state index contributed by atoms with van der Waals surface area (Å²) in [7, 11) is 7.61. The van der Waals surface area contributed by atoms with Gasteiger partial charge in [-0.3, -0.25) is 28.3 Å². The van der Waals surface area contributed by atoms with Gasteiger partial charge in [0.1, 0.15) is 66.1 Å². The number of thiophene rings is 2. The molecule has 28 heteroatoms. The van der Waals surface area contributed by atoms with Gasteiger partial charge in [0.05, 0.1) is 89.3 Å². The topological polar surface area (TPSA) is 254 Å². The molecule has 0 unspecified atom stereocenters. The van der Waals surface area contributed by atoms with E-state index in [0.29, 0.717) is 66.5 Å². The average molecular weight is 1160 g/mol. The molecule has 2 aliphatic rings. The van der Waals surface area contributed by atoms with Crippen molar-refractivity contribution in [2.24, 2.45) is 0 Å². The summed E-state index contributed by atoms with van der Waals surface area (Å²) in [5.74, 6) is -1.02. The van der Waals surface area contributed by atoms with Crippen molar-refractivity contribution < 1.29 is 46.8 Å². The van der Waals surface area contributed by atoms with Crippen LogP contribution >= 0.6 is 22.7 Å². The molecule has 81 heavy (non-hydrogen) atoms. The molecule has 2 saturated heterocycles. The Balaban J connectivity index is 0.000000196. The zero-order valence-electron chi connectivity index (χ0n) is 45.9. The molecule has 10 rings (SSSR count). The monoisotopic (exact) mass is 1160 g/mol. The van der Waals surface area contributed by atoms with Gasteiger partial charge in [0.25, 0.3) is 11.1 Å². The highest BCUT2D eigenvalue weighted by Gasteiger charge is 2.47. The molecule has 2 aromatic carbocycles. The van der Waals surface area contributed by atoms with Crippen molar-refractivity contribution in [2.75, 3.05) is 75.0 Å². The van der Waals surface area contributed by atoms with Crippen LogP contribution in [0.15, 0.2) is 80.4 Å². The Bertz CT molecular complexity index is 3890. The van der Waals surface area contributed by atoms with Crippen LogP contribution in [0.5, 0.6) is 11.5 Å². The lowest BCUT2D eigenvalue weighted by Gasteiger charge is -2.27. The zero-order chi connectivity index (χ0) is 58.1. The first-order valence-electron chi connectivity index (χ1n) is 25.6. The average Bonchev–Trinajstić information content (AvgIpc) is 3.83. The summed E-state index contributed by atoms with van der Waals surface area (Å²) in [5.41, 5.74) is -3.41. The number of rotatable bonds is 20. The van der Waals surface area contributed by atoms with E-state index in [1.807, 2.05) is 0 Å². The quantitative estimate of drug-likeness (QED) is 0.105. The second-order valence-electron chi connectivity index (χ2n) is 19.6. The van der Waals surface area contributed by atoms with E-state index in [-0.39, 0.29) is 69.0 Å². The summed E-state index contributed by atoms with van der Waals surface area (Å²) in [6.45, 7) is 7.99. The number of benzene rings is 2. The van der Waals surface area contributed by atoms with Crippen LogP contribution in [0, 0.1) is 25.5 Å². The number of fused-ring (bicyclic) bond motifs is 2. The van der Waals surface area contributed by atoms with E-state index in [4.69, 9.17) is 28.4 Å². The van der Waals surface area contributed by atoms with E-state index >= 15 is 0 Å². The number of nitrogens with zero attached hydrogens (tertiary/aromatic N) is 11. The number of aryl methyl sites for hydroxylation is 2. The van der Waals surface area contributed by atoms with E-state index in [1.54, 1.807) is 34.7 Å². The number of amides is 2. The standard InChI is InChI=1S/C27H31FN6O6S.C26H29FN6O6S/c1-16-21-22(35)33(27(2)8-11-31(3)25(27)36)26(37)32(24(21)41-23(16)34-29-9-10-30-34)15-20(40-13-12-38-4)18-14-17(28)6-7-19(18)39-5;1-15-20-21(34)32(26(2)7-8-28-24(26)35)25(36)31(23(20)40-22(15)33-29-9-10-30-33)14-19(39-12-11-37-3)17-13-16(27)5-6-18(17)38-4/h6-7,9-10,14,20H,8,11-13,15H2,1-5H3;5-6,9-10,13,19H,7-8,11-12,14H2,1-4H3,(H,28,35)/t20-,27-;19-,26-/m00/s1. The van der Waals surface area contributed by atoms with E-state index in [0.717, 1.165) is 9.13 Å². The van der Waals surface area contributed by atoms with Crippen molar-refractivity contribution in [3.05, 3.63) is 137 Å². The molecular weight excluding hydrogens is 1100 g/mol. The van der Waals surface area contributed by atoms with Crippen LogP contribution in [0.25, 0.3) is 30.4 Å². The van der Waals surface area contributed by atoms with Crippen molar-refractivity contribution in [3.63, 3.8) is 0 Å². The summed E-state index contributed by atoms with van der Waals surface area (Å²) in [5, 5.41) is 21.2. The van der Waals surface area contributed by atoms with Crippen molar-refractivity contribution in [1.82, 2.24) is 58.5 Å². The molecule has 0 aliphatic carbocycles. The minimum Gasteiger partial charge on any atom is -0.496 e. The van der Waals surface area contributed by atoms with Crippen molar-refractivity contribution in [3.8, 4) is 21.5 Å². The van der Waals surface area contributed by atoms with Crippen molar-refractivity contribution in [2.45, 2.75) is 76.9 Å². The van der Waals surface area contributed by atoms with Crippen LogP contribution in [0.2, 0.25) is 0 Å². The zero-order valence-corrected chi connectivity index (χ0v) is 47.5. The van der Waals surface area contributed by atoms with Crippen molar-refractivity contribution >= 4 is 54.9 Å². The summed E-state index contributed by atoms with van der Waals surface area (Å²) in [6.07, 6.45) is 4.85. The molecule has 2 fully saturated rings. The van der Waals surface area contributed by atoms with Gasteiger partial charge in [-0.25, -0.2) is 27.5 Å². The van der Waals surface area contributed by atoms with Gasteiger partial charge >= 0.3 is 11.4 Å². The Morgan fingerprint density at radius 2 is 1.06 bits per heavy atom. The van der Waals surface area contributed by atoms with Gasteiger partial charge in [0, 0.05) is 56.6 Å². The highest BCUT2D eigenvalue weighted by atomic mass is 32.1. The third-order valence-electron chi connectivity index (χ3n) is 14.7. The largest absolute Gasteiger partial charge is 0.496 e. The number of hydrogen-bond acceptors (Lipinski definition) is 18. The van der Waals surface area contributed by atoms with Gasteiger partial charge in [-0.1, -0.05) is 22.7 Å². The first-order valence-corrected chi connectivity index (χ1v) is 27.2. The number of halogens is 2. The number of methoxy groups -OCH3 is 4. The third kappa shape index (κ3) is 10.6. The molecule has 24 nitrogen and oxygen atoms in total. The van der Waals surface area contributed by atoms with Crippen molar-refractivity contribution in [1.29, 1.82) is 0 Å². The van der Waals surface area contributed by atoms with Crippen LogP contribution < -0.4 is 37.3 Å². The van der Waals surface area contributed by atoms with E-state index in [9.17, 15) is 37.5 Å². The minimum absolute atomic E-state index is 0.106. The van der Waals surface area contributed by atoms with Gasteiger partial charge < -0.3 is 38.6 Å². The molecule has 8 heterocycles. The summed E-state index contributed by atoms with van der Waals surface area (Å²) < 4.78 is 67.3. The Labute approximate surface area is 468 Å². The Hall–Kier alpha value is -7.76. The number of nitrogens with one attached hydrogen (secondary N) is 1. The normalized spacial score (nSPS) is 17.9. The van der Waals surface area contributed by atoms with Gasteiger partial charge in [-0.15, -0.1) is 9.59 Å². The minimum atomic E-state index is -1.40. The number of carbonyl (C=O) groups is 2. The second-order valence-corrected chi connectivity index (χ2v) is 21.6. The lowest BCUT2D eigenvalue weighted by molar-refractivity contribution is -0.133. The van der Waals surface area contributed by atoms with E-state index in [2.05, 4.69) is 25.7 Å². The van der Waals surface area contributed by atoms with Crippen LogP contribution in [0.4, 0.5) is 8.78 Å². The second kappa shape index (κ2) is 23.8. The lowest BCUT2D eigenvalue weighted by Crippen LogP contribution is -2.53. The lowest BCUT2D eigenvalue weighted by atomic mass is 10.00. The van der Waals surface area contributed by atoms with E-state index in [1.165, 1.54) is 136 Å². The number of likely N-dealkylation sites (tertiary alicyclic amines) is 1. The van der Waals surface area contributed by atoms with Crippen LogP contribution in [-0.2, 0) is 52.7 Å². The molecule has 4 atom stereocenters. The number of likely N-dealkylation sites (N-methyl/N-ethyl adjacent to an activating group) is 1. The first-order chi connectivity index (χ1) is 38.8. The molecule has 0 spiro atoms. The summed E-state index contributed by atoms with van der Waals surface area (Å²) in [6, 6.07) is 8.10. The molecule has 2 amide bonds. The number of aromatic nitrogens is 10. The highest BCUT2D eigenvalue weighted by Crippen LogP contribution is 2.38. The predicted molar refractivity (Wildman–Crippen MR) is 294 cm³/mol. The van der Waals surface area contributed by atoms with Gasteiger partial charge in [-0.2, -0.15) is 20.4 Å². The fourth-order valence-corrected chi connectivity index (χ4v) is 12.7. The van der Waals surface area contributed by atoms with Gasteiger partial charge in [-0.05, 0) is 76.9 Å². The Kier molecular flexibility index (Phi) is 17.0. The Morgan fingerprint density at radius 3 is 1.43 bits per heavy atom. The molecule has 430 valence electrons. The third-order valence-corrected chi connectivity index (χ3v) is 17.2. The molecule has 0 radical (unpaired) electrons. The van der Waals surface area contributed by atoms with Gasteiger partial charge in [0.15, 0.2) is 0 Å². The smallest absolute Gasteiger partial charge is 0.333 e. The maximum atomic E-state index is 14.5. The summed E-state index contributed by atoms with van der Waals surface area (Å²) in [4.78, 5) is 87.8. The Morgan fingerprint density at radius 1 is 0.630 bits per heavy atom. The van der Waals surface area contributed by atoms with Crippen LogP contribution in [-0.4, -0.2) is 140 Å². The molecule has 1 N–H and O–H groups in total. The molecule has 0 saturated carbocycles. The molecular formula is C53H60F2N12O12S2. The van der Waals surface area contributed by atoms with Gasteiger partial charge in [0.2, 0.25) is 11.8 Å². The summed E-state index contributed by atoms with van der Waals surface area (Å²) >= 11 is 2.34. The van der Waals surface area contributed by atoms with E-state index < -0.39 is 63.3 Å². The van der Waals surface area contributed by atoms with Crippen LogP contribution in [0.1, 0.15) is 61.2 Å². The maximum absolute atomic E-state index is 14.5. The number of ether oxygens (including phenoxy) is 6. The fourth-order valence-electron chi connectivity index (χ4n) is 10.3. The fraction of sp³-hybridized carbons (Fsp3) is 0.434. The molecule has 6 aromatic heterocycles. The number of hydrogen-bond donors (Lipinski definition) is 1. The molecule has 2 aliphatic heterocycles. The maximum Gasteiger partial charge on any atom is 0.333 e. The number of carbonyl (C=O) groups excluding carboxylic acids is 2. The predicted octanol–water partition coefficient (Wildman–Crippen LogP) is 4.14. The molecule has 0 bridgehead atoms. The SMILES string of the molecule is COCCO[C@@H](Cn1c(=O)n([C@@]2(C)CCN(C)C2=O)c(=O)c2c(C)c(-n3nccn3)sc21)c1cc(F)ccc1OC.COCCO[C@@H](Cn1c(=O)n([C@@]2(C)CCNC2=O)c(=O)c2c(C)c(-n3nccn3)sc21)c1cc(F)ccc1OC. The highest BCUT2D eigenvalue weighted by molar-refractivity contribution is 7.21.